The summed E-state index contributed by atoms with van der Waals surface area (Å²) in [5.74, 6) is 0.821. The molecule has 0 fully saturated rings. The summed E-state index contributed by atoms with van der Waals surface area (Å²) < 4.78 is 10.4. The van der Waals surface area contributed by atoms with Crippen LogP contribution >= 0.6 is 0 Å². The van der Waals surface area contributed by atoms with Crippen molar-refractivity contribution in [1.29, 1.82) is 0 Å². The summed E-state index contributed by atoms with van der Waals surface area (Å²) in [6, 6.07) is 15.6. The van der Waals surface area contributed by atoms with Gasteiger partial charge in [-0.25, -0.2) is 5.48 Å². The third-order valence-electron chi connectivity index (χ3n) is 2.94. The Bertz CT molecular complexity index is 526. The third-order valence-corrected chi connectivity index (χ3v) is 2.94. The monoisotopic (exact) mass is 288 g/mol. The number of ether oxygens (including phenoxy) is 2. The van der Waals surface area contributed by atoms with Crippen molar-refractivity contribution in [2.24, 2.45) is 0 Å². The van der Waals surface area contributed by atoms with Crippen molar-refractivity contribution in [3.63, 3.8) is 0 Å². The predicted octanol–water partition coefficient (Wildman–Crippen LogP) is 2.93. The van der Waals surface area contributed by atoms with Gasteiger partial charge in [-0.05, 0) is 42.0 Å². The van der Waals surface area contributed by atoms with Gasteiger partial charge < -0.3 is 20.0 Å². The number of anilines is 2. The molecule has 0 bridgehead atoms. The molecule has 0 aromatic heterocycles. The number of nitrogens with one attached hydrogen (secondary N) is 2. The van der Waals surface area contributed by atoms with Crippen LogP contribution < -0.4 is 15.5 Å². The van der Waals surface area contributed by atoms with Crippen molar-refractivity contribution in [1.82, 2.24) is 5.48 Å². The summed E-state index contributed by atoms with van der Waals surface area (Å²) in [6.45, 7) is 1.56. The fourth-order valence-corrected chi connectivity index (χ4v) is 1.84. The summed E-state index contributed by atoms with van der Waals surface area (Å²) in [5, 5.41) is 11.9. The SMILES string of the molecule is COCCOc1ccc(Nc2ccc(CNO)cc2)cc1. The van der Waals surface area contributed by atoms with Crippen molar-refractivity contribution in [3.8, 4) is 5.75 Å². The molecule has 5 heteroatoms. The average molecular weight is 288 g/mol. The van der Waals surface area contributed by atoms with E-state index < -0.39 is 0 Å². The molecule has 21 heavy (non-hydrogen) atoms. The molecule has 2 rings (SSSR count). The van der Waals surface area contributed by atoms with Crippen LogP contribution in [0.4, 0.5) is 11.4 Å². The van der Waals surface area contributed by atoms with E-state index in [1.165, 1.54) is 0 Å². The lowest BCUT2D eigenvalue weighted by Gasteiger charge is -2.09. The number of rotatable bonds is 8. The van der Waals surface area contributed by atoms with Crippen LogP contribution in [0.3, 0.4) is 0 Å². The van der Waals surface area contributed by atoms with Crippen molar-refractivity contribution in [2.45, 2.75) is 6.54 Å². The lowest BCUT2D eigenvalue weighted by molar-refractivity contribution is 0.146. The zero-order valence-electron chi connectivity index (χ0n) is 12.0. The molecule has 112 valence electrons. The second-order valence-corrected chi connectivity index (χ2v) is 4.52. The van der Waals surface area contributed by atoms with Gasteiger partial charge >= 0.3 is 0 Å². The van der Waals surface area contributed by atoms with E-state index in [-0.39, 0.29) is 0 Å². The predicted molar refractivity (Wildman–Crippen MR) is 82.2 cm³/mol. The van der Waals surface area contributed by atoms with Gasteiger partial charge in [0.1, 0.15) is 12.4 Å². The minimum atomic E-state index is 0.438. The van der Waals surface area contributed by atoms with Gasteiger partial charge in [-0.2, -0.15) is 0 Å². The average Bonchev–Trinajstić information content (AvgIpc) is 2.51. The van der Waals surface area contributed by atoms with Crippen LogP contribution in [-0.4, -0.2) is 25.5 Å². The van der Waals surface area contributed by atoms with Crippen LogP contribution in [0.25, 0.3) is 0 Å². The van der Waals surface area contributed by atoms with E-state index >= 15 is 0 Å². The van der Waals surface area contributed by atoms with Crippen LogP contribution in [0, 0.1) is 0 Å². The molecule has 0 aliphatic carbocycles. The molecular weight excluding hydrogens is 268 g/mol. The maximum atomic E-state index is 8.64. The first-order chi connectivity index (χ1) is 10.3. The van der Waals surface area contributed by atoms with Crippen LogP contribution in [0.1, 0.15) is 5.56 Å². The highest BCUT2D eigenvalue weighted by Crippen LogP contribution is 2.20. The Labute approximate surface area is 124 Å². The maximum Gasteiger partial charge on any atom is 0.119 e. The minimum absolute atomic E-state index is 0.438. The zero-order valence-corrected chi connectivity index (χ0v) is 12.0. The van der Waals surface area contributed by atoms with Gasteiger partial charge in [0.25, 0.3) is 0 Å². The standard InChI is InChI=1S/C16H20N2O3/c1-20-10-11-21-16-8-6-15(7-9-16)18-14-4-2-13(3-5-14)12-17-19/h2-9,17-19H,10-12H2,1H3. The second-order valence-electron chi connectivity index (χ2n) is 4.52. The number of methoxy groups -OCH3 is 1. The minimum Gasteiger partial charge on any atom is -0.491 e. The molecule has 2 aromatic rings. The molecular formula is C16H20N2O3. The van der Waals surface area contributed by atoms with Gasteiger partial charge in [-0.15, -0.1) is 0 Å². The van der Waals surface area contributed by atoms with E-state index in [9.17, 15) is 0 Å². The first-order valence-corrected chi connectivity index (χ1v) is 6.76. The highest BCUT2D eigenvalue weighted by Gasteiger charge is 1.98. The Morgan fingerprint density at radius 1 is 0.905 bits per heavy atom. The molecule has 3 N–H and O–H groups in total. The van der Waals surface area contributed by atoms with E-state index in [1.807, 2.05) is 48.5 Å². The maximum absolute atomic E-state index is 8.64. The Hall–Kier alpha value is -2.08. The lowest BCUT2D eigenvalue weighted by Crippen LogP contribution is -2.05. The molecule has 5 nitrogen and oxygen atoms in total. The van der Waals surface area contributed by atoms with E-state index in [2.05, 4.69) is 10.8 Å². The molecule has 0 aliphatic rings. The van der Waals surface area contributed by atoms with Gasteiger partial charge in [-0.1, -0.05) is 12.1 Å². The highest BCUT2D eigenvalue weighted by atomic mass is 16.5. The first kappa shape index (κ1) is 15.3. The number of hydrogen-bond donors (Lipinski definition) is 3. The molecule has 0 saturated carbocycles. The Balaban J connectivity index is 1.90. The molecule has 0 aliphatic heterocycles. The van der Waals surface area contributed by atoms with Crippen molar-refractivity contribution < 1.29 is 14.7 Å². The largest absolute Gasteiger partial charge is 0.491 e. The normalized spacial score (nSPS) is 10.4. The summed E-state index contributed by atoms with van der Waals surface area (Å²) in [6.07, 6.45) is 0. The van der Waals surface area contributed by atoms with E-state index in [0.29, 0.717) is 19.8 Å². The molecule has 0 amide bonds. The van der Waals surface area contributed by atoms with Crippen LogP contribution in [0.2, 0.25) is 0 Å². The fraction of sp³-hybridized carbons (Fsp3) is 0.250. The van der Waals surface area contributed by atoms with Gasteiger partial charge in [0.2, 0.25) is 0 Å². The molecule has 2 aromatic carbocycles. The van der Waals surface area contributed by atoms with Gasteiger partial charge in [-0.3, -0.25) is 0 Å². The molecule has 0 heterocycles. The number of hydrogen-bond acceptors (Lipinski definition) is 5. The number of benzene rings is 2. The molecule has 0 atom stereocenters. The number of hydroxylamine groups is 1. The summed E-state index contributed by atoms with van der Waals surface area (Å²) in [4.78, 5) is 0. The first-order valence-electron chi connectivity index (χ1n) is 6.76. The quantitative estimate of drug-likeness (QED) is 0.515. The van der Waals surface area contributed by atoms with Crippen molar-refractivity contribution in [3.05, 3.63) is 54.1 Å². The third kappa shape index (κ3) is 5.07. The zero-order chi connectivity index (χ0) is 14.9. The molecule has 0 spiro atoms. The van der Waals surface area contributed by atoms with E-state index in [0.717, 1.165) is 22.7 Å². The summed E-state index contributed by atoms with van der Waals surface area (Å²) >= 11 is 0. The summed E-state index contributed by atoms with van der Waals surface area (Å²) in [5.41, 5.74) is 5.13. The topological polar surface area (TPSA) is 62.8 Å². The van der Waals surface area contributed by atoms with Crippen LogP contribution in [-0.2, 0) is 11.3 Å². The second kappa shape index (κ2) is 8.26. The Morgan fingerprint density at radius 2 is 1.52 bits per heavy atom. The Morgan fingerprint density at radius 3 is 2.10 bits per heavy atom. The molecule has 0 unspecified atom stereocenters. The molecule has 0 radical (unpaired) electrons. The van der Waals surface area contributed by atoms with Crippen LogP contribution in [0.15, 0.2) is 48.5 Å². The van der Waals surface area contributed by atoms with E-state index in [4.69, 9.17) is 14.7 Å². The molecule has 0 saturated heterocycles. The van der Waals surface area contributed by atoms with Gasteiger partial charge in [0.05, 0.1) is 6.61 Å². The van der Waals surface area contributed by atoms with Gasteiger partial charge in [0, 0.05) is 25.0 Å². The lowest BCUT2D eigenvalue weighted by atomic mass is 10.2. The Kier molecular flexibility index (Phi) is 6.02. The van der Waals surface area contributed by atoms with Crippen LogP contribution in [0.5, 0.6) is 5.75 Å². The fourth-order valence-electron chi connectivity index (χ4n) is 1.84. The summed E-state index contributed by atoms with van der Waals surface area (Å²) in [7, 11) is 1.65. The van der Waals surface area contributed by atoms with Gasteiger partial charge in [0.15, 0.2) is 0 Å². The van der Waals surface area contributed by atoms with E-state index in [1.54, 1.807) is 7.11 Å². The smallest absolute Gasteiger partial charge is 0.119 e. The van der Waals surface area contributed by atoms with Crippen molar-refractivity contribution >= 4 is 11.4 Å². The highest BCUT2D eigenvalue weighted by molar-refractivity contribution is 5.60. The van der Waals surface area contributed by atoms with Crippen molar-refractivity contribution in [2.75, 3.05) is 25.6 Å².